The number of aromatic nitrogens is 6. The van der Waals surface area contributed by atoms with Gasteiger partial charge in [-0.3, -0.25) is 9.59 Å². The molecule has 15 heteroatoms. The molecule has 2 fully saturated rings. The molecule has 1 amide bonds. The number of amides is 1. The Labute approximate surface area is 383 Å². The van der Waals surface area contributed by atoms with E-state index in [2.05, 4.69) is 31.0 Å². The van der Waals surface area contributed by atoms with E-state index in [1.165, 1.54) is 12.8 Å². The molecule has 0 radical (unpaired) electrons. The first-order valence-corrected chi connectivity index (χ1v) is 22.4. The van der Waals surface area contributed by atoms with Crippen molar-refractivity contribution in [3.8, 4) is 33.8 Å². The number of aryl methyl sites for hydroxylation is 2. The molecule has 0 spiro atoms. The number of Topliss-reactive ketones (excluding diaryl/α,β-unsaturated/α-hetero) is 1. The predicted molar refractivity (Wildman–Crippen MR) is 254 cm³/mol. The van der Waals surface area contributed by atoms with Crippen LogP contribution < -0.4 is 16.0 Å². The zero-order valence-electron chi connectivity index (χ0n) is 37.6. The van der Waals surface area contributed by atoms with Crippen LogP contribution in [0.2, 0.25) is 5.15 Å². The predicted octanol–water partition coefficient (Wildman–Crippen LogP) is 8.46. The van der Waals surface area contributed by atoms with Crippen LogP contribution in [0.4, 0.5) is 11.4 Å². The second-order valence-corrected chi connectivity index (χ2v) is 19.0. The number of carbonyl (C=O) groups excluding carboxylic acids is 2. The van der Waals surface area contributed by atoms with E-state index in [0.717, 1.165) is 68.9 Å². The van der Waals surface area contributed by atoms with E-state index < -0.39 is 11.2 Å². The number of anilines is 2. The van der Waals surface area contributed by atoms with E-state index in [9.17, 15) is 24.9 Å². The third-order valence-electron chi connectivity index (χ3n) is 11.5. The summed E-state index contributed by atoms with van der Waals surface area (Å²) in [5, 5.41) is 49.3. The lowest BCUT2D eigenvalue weighted by molar-refractivity contribution is 0.0939. The van der Waals surface area contributed by atoms with E-state index in [1.807, 2.05) is 80.6 Å². The smallest absolute Gasteiger partial charge is 0.251 e. The first kappa shape index (κ1) is 45.4. The van der Waals surface area contributed by atoms with Crippen LogP contribution in [0.3, 0.4) is 0 Å². The van der Waals surface area contributed by atoms with E-state index >= 15 is 0 Å². The van der Waals surface area contributed by atoms with Crippen LogP contribution in [0.25, 0.3) is 45.1 Å². The molecule has 2 aliphatic rings. The lowest BCUT2D eigenvalue weighted by atomic mass is 9.98. The minimum Gasteiger partial charge on any atom is -0.392 e. The van der Waals surface area contributed by atoms with Crippen molar-refractivity contribution in [2.45, 2.75) is 97.5 Å². The zero-order valence-corrected chi connectivity index (χ0v) is 38.4. The second kappa shape index (κ2) is 18.4. The minimum atomic E-state index is -0.924. The lowest BCUT2D eigenvalue weighted by Gasteiger charge is -2.19. The molecular weight excluding hydrogens is 842 g/mol. The van der Waals surface area contributed by atoms with Gasteiger partial charge in [-0.05, 0) is 114 Å². The summed E-state index contributed by atoms with van der Waals surface area (Å²) < 4.78 is 3.46. The van der Waals surface area contributed by atoms with Gasteiger partial charge in [-0.2, -0.15) is 10.2 Å². The van der Waals surface area contributed by atoms with Crippen LogP contribution in [0, 0.1) is 19.8 Å². The molecule has 3 aromatic carbocycles. The molecule has 4 heterocycles. The second-order valence-electron chi connectivity index (χ2n) is 18.6. The fourth-order valence-corrected chi connectivity index (χ4v) is 7.81. The topological polar surface area (TPSA) is 191 Å². The van der Waals surface area contributed by atoms with Gasteiger partial charge in [0.1, 0.15) is 0 Å². The Balaban J connectivity index is 0.000000181. The van der Waals surface area contributed by atoms with Crippen LogP contribution in [-0.4, -0.2) is 86.5 Å². The monoisotopic (exact) mass is 897 g/mol. The molecule has 4 aromatic heterocycles. The summed E-state index contributed by atoms with van der Waals surface area (Å²) in [4.78, 5) is 34.2. The molecule has 2 saturated carbocycles. The van der Waals surface area contributed by atoms with E-state index in [1.54, 1.807) is 55.2 Å². The molecule has 0 bridgehead atoms. The Bertz CT molecular complexity index is 2900. The van der Waals surface area contributed by atoms with E-state index in [0.29, 0.717) is 64.9 Å². The number of carbonyl (C=O) groups is 2. The number of aliphatic hydroxyl groups excluding tert-OH is 1. The number of hydrogen-bond donors (Lipinski definition) is 6. The number of benzene rings is 3. The summed E-state index contributed by atoms with van der Waals surface area (Å²) in [6.45, 7) is 11.4. The van der Waals surface area contributed by atoms with Crippen molar-refractivity contribution < 1.29 is 24.9 Å². The van der Waals surface area contributed by atoms with Crippen LogP contribution in [0.5, 0.6) is 0 Å². The molecule has 65 heavy (non-hydrogen) atoms. The highest BCUT2D eigenvalue weighted by atomic mass is 35.5. The van der Waals surface area contributed by atoms with Crippen LogP contribution in [-0.2, 0) is 6.61 Å². The maximum absolute atomic E-state index is 12.6. The highest BCUT2D eigenvalue weighted by Crippen LogP contribution is 2.35. The van der Waals surface area contributed by atoms with Crippen molar-refractivity contribution in [3.05, 3.63) is 118 Å². The molecule has 9 rings (SSSR count). The van der Waals surface area contributed by atoms with Crippen molar-refractivity contribution in [1.82, 2.24) is 34.5 Å². The molecule has 0 aliphatic heterocycles. The van der Waals surface area contributed by atoms with Gasteiger partial charge in [0, 0.05) is 59.4 Å². The summed E-state index contributed by atoms with van der Waals surface area (Å²) in [5.74, 6) is 0.745. The SMILES string of the molecule is Cc1cc(-c2cnc3c(NCC(C)(C)O)cc(-c4ccccc4CO)nn23)ccc1C(=O)NC1CC1.Cc1cc(-c2cnc3c(NCC(C)(C)O)cc(Cl)nn23)ccc1C(=O)CC1CC1. The van der Waals surface area contributed by atoms with Crippen molar-refractivity contribution in [2.75, 3.05) is 23.7 Å². The van der Waals surface area contributed by atoms with E-state index in [4.69, 9.17) is 16.7 Å². The van der Waals surface area contributed by atoms with Gasteiger partial charge >= 0.3 is 0 Å². The number of rotatable bonds is 15. The van der Waals surface area contributed by atoms with Crippen molar-refractivity contribution in [1.29, 1.82) is 0 Å². The van der Waals surface area contributed by atoms with Crippen LogP contribution in [0.15, 0.2) is 85.2 Å². The molecule has 6 N–H and O–H groups in total. The van der Waals surface area contributed by atoms with Crippen molar-refractivity contribution >= 4 is 46.0 Å². The van der Waals surface area contributed by atoms with E-state index in [-0.39, 0.29) is 18.3 Å². The molecule has 0 saturated heterocycles. The number of hydrogen-bond acceptors (Lipinski definition) is 11. The lowest BCUT2D eigenvalue weighted by Crippen LogP contribution is -2.29. The quantitative estimate of drug-likeness (QED) is 0.0542. The Morgan fingerprint density at radius 2 is 1.29 bits per heavy atom. The molecule has 0 atom stereocenters. The maximum Gasteiger partial charge on any atom is 0.251 e. The van der Waals surface area contributed by atoms with Gasteiger partial charge in [-0.25, -0.2) is 19.0 Å². The fraction of sp³-hybridized carbons (Fsp3) is 0.360. The Morgan fingerprint density at radius 3 is 1.83 bits per heavy atom. The highest BCUT2D eigenvalue weighted by Gasteiger charge is 2.27. The highest BCUT2D eigenvalue weighted by molar-refractivity contribution is 6.29. The number of imidazole rings is 2. The summed E-state index contributed by atoms with van der Waals surface area (Å²) >= 11 is 6.24. The fourth-order valence-electron chi connectivity index (χ4n) is 7.62. The van der Waals surface area contributed by atoms with Crippen molar-refractivity contribution in [3.63, 3.8) is 0 Å². The summed E-state index contributed by atoms with van der Waals surface area (Å²) in [6, 6.07) is 23.0. The molecule has 338 valence electrons. The maximum atomic E-state index is 12.6. The first-order valence-electron chi connectivity index (χ1n) is 22.1. The minimum absolute atomic E-state index is 0.0428. The van der Waals surface area contributed by atoms with Gasteiger partial charge in [-0.15, -0.1) is 0 Å². The number of ketones is 1. The molecule has 0 unspecified atom stereocenters. The standard InChI is InChI=1S/C28H31N5O3.C22H25ClN4O2/c1-17-12-18(8-11-21(17)27(35)31-20-9-10-20)25-14-29-26-24(30-16-28(2,3)36)13-23(32-33(25)26)22-7-5-4-6-19(22)15-34;1-13-8-15(6-7-16(13)19(28)9-14-4-5-14)18-11-24-21-17(25-12-22(2,3)29)10-20(23)26-27(18)21/h4-8,11-14,20,30,34,36H,9-10,15-16H2,1-3H3,(H,31,35);6-8,10-11,14,25,29H,4-5,9,12H2,1-3H3. The summed E-state index contributed by atoms with van der Waals surface area (Å²) in [6.07, 6.45) is 8.57. The average molecular weight is 899 g/mol. The number of halogens is 1. The number of fused-ring (bicyclic) bond motifs is 2. The zero-order chi connectivity index (χ0) is 46.2. The van der Waals surface area contributed by atoms with Crippen molar-refractivity contribution in [2.24, 2.45) is 5.92 Å². The van der Waals surface area contributed by atoms with Gasteiger partial charge in [0.15, 0.2) is 22.2 Å². The van der Waals surface area contributed by atoms with Gasteiger partial charge in [0.2, 0.25) is 0 Å². The van der Waals surface area contributed by atoms with Crippen LogP contribution >= 0.6 is 11.6 Å². The summed E-state index contributed by atoms with van der Waals surface area (Å²) in [5.41, 5.74) is 9.76. The largest absolute Gasteiger partial charge is 0.392 e. The normalized spacial score (nSPS) is 14.0. The number of aliphatic hydroxyl groups is 3. The molecule has 2 aliphatic carbocycles. The molecular formula is C50H56ClN9O5. The van der Waals surface area contributed by atoms with Gasteiger partial charge in [-0.1, -0.05) is 54.1 Å². The Hall–Kier alpha value is -6.19. The van der Waals surface area contributed by atoms with Crippen LogP contribution in [0.1, 0.15) is 97.2 Å². The molecule has 7 aromatic rings. The van der Waals surface area contributed by atoms with Gasteiger partial charge in [0.25, 0.3) is 5.91 Å². The molecule has 14 nitrogen and oxygen atoms in total. The summed E-state index contributed by atoms with van der Waals surface area (Å²) in [7, 11) is 0. The first-order chi connectivity index (χ1) is 30.9. The Kier molecular flexibility index (Phi) is 12.8. The average Bonchev–Trinajstić information content (AvgIpc) is 4.18. The Morgan fingerprint density at radius 1 is 0.738 bits per heavy atom. The third kappa shape index (κ3) is 10.9. The van der Waals surface area contributed by atoms with Gasteiger partial charge in [0.05, 0.1) is 58.7 Å². The number of nitrogens with one attached hydrogen (secondary N) is 3. The number of nitrogens with zero attached hydrogens (tertiary/aromatic N) is 6. The van der Waals surface area contributed by atoms with Gasteiger partial charge < -0.3 is 31.3 Å². The third-order valence-corrected chi connectivity index (χ3v) is 11.6.